The van der Waals surface area contributed by atoms with E-state index in [0.717, 1.165) is 19.6 Å². The summed E-state index contributed by atoms with van der Waals surface area (Å²) in [5, 5.41) is 8.62. The molecule has 10 heavy (non-hydrogen) atoms. The van der Waals surface area contributed by atoms with E-state index in [-0.39, 0.29) is 6.61 Å². The molecule has 0 bridgehead atoms. The SMILES string of the molecule is CN1CC(N(C)CCO)C1. The Morgan fingerprint density at radius 3 is 2.60 bits per heavy atom. The Morgan fingerprint density at radius 2 is 2.20 bits per heavy atom. The Bertz CT molecular complexity index is 99.0. The maximum absolute atomic E-state index is 8.62. The van der Waals surface area contributed by atoms with E-state index in [4.69, 9.17) is 5.11 Å². The van der Waals surface area contributed by atoms with Crippen molar-refractivity contribution in [3.63, 3.8) is 0 Å². The normalized spacial score (nSPS) is 21.6. The summed E-state index contributed by atoms with van der Waals surface area (Å²) in [5.74, 6) is 0. The van der Waals surface area contributed by atoms with E-state index in [9.17, 15) is 0 Å². The standard InChI is InChI=1S/C7H16N2O/c1-8-5-7(6-8)9(2)3-4-10/h7,10H,3-6H2,1-2H3. The first-order valence-corrected chi connectivity index (χ1v) is 3.73. The molecule has 1 fully saturated rings. The van der Waals surface area contributed by atoms with E-state index in [2.05, 4.69) is 23.9 Å². The summed E-state index contributed by atoms with van der Waals surface area (Å²) in [6.45, 7) is 3.38. The van der Waals surface area contributed by atoms with Gasteiger partial charge in [-0.05, 0) is 14.1 Å². The van der Waals surface area contributed by atoms with E-state index >= 15 is 0 Å². The van der Waals surface area contributed by atoms with Crippen LogP contribution >= 0.6 is 0 Å². The number of aliphatic hydroxyl groups is 1. The van der Waals surface area contributed by atoms with Gasteiger partial charge in [-0.1, -0.05) is 0 Å². The van der Waals surface area contributed by atoms with Gasteiger partial charge >= 0.3 is 0 Å². The minimum Gasteiger partial charge on any atom is -0.395 e. The number of nitrogens with zero attached hydrogens (tertiary/aromatic N) is 2. The van der Waals surface area contributed by atoms with Crippen LogP contribution in [0.3, 0.4) is 0 Å². The number of hydrogen-bond acceptors (Lipinski definition) is 3. The number of hydrogen-bond donors (Lipinski definition) is 1. The van der Waals surface area contributed by atoms with Crippen LogP contribution in [0.1, 0.15) is 0 Å². The van der Waals surface area contributed by atoms with Gasteiger partial charge in [-0.2, -0.15) is 0 Å². The molecule has 1 saturated heterocycles. The van der Waals surface area contributed by atoms with E-state index in [0.29, 0.717) is 6.04 Å². The highest BCUT2D eigenvalue weighted by molar-refractivity contribution is 4.83. The van der Waals surface area contributed by atoms with Crippen LogP contribution in [0.2, 0.25) is 0 Å². The number of aliphatic hydroxyl groups excluding tert-OH is 1. The summed E-state index contributed by atoms with van der Waals surface area (Å²) in [6.07, 6.45) is 0. The Morgan fingerprint density at radius 1 is 1.60 bits per heavy atom. The van der Waals surface area contributed by atoms with E-state index < -0.39 is 0 Å². The van der Waals surface area contributed by atoms with Crippen molar-refractivity contribution in [1.29, 1.82) is 0 Å². The summed E-state index contributed by atoms with van der Waals surface area (Å²) in [6, 6.07) is 0.678. The Kier molecular flexibility index (Phi) is 2.65. The molecule has 0 aliphatic carbocycles. The third-order valence-electron chi connectivity index (χ3n) is 2.12. The number of likely N-dealkylation sites (N-methyl/N-ethyl adjacent to an activating group) is 2. The Balaban J connectivity index is 2.11. The van der Waals surface area contributed by atoms with Gasteiger partial charge < -0.3 is 10.0 Å². The van der Waals surface area contributed by atoms with Crippen molar-refractivity contribution < 1.29 is 5.11 Å². The van der Waals surface area contributed by atoms with Crippen LogP contribution in [-0.2, 0) is 0 Å². The predicted octanol–water partition coefficient (Wildman–Crippen LogP) is -0.775. The highest BCUT2D eigenvalue weighted by Crippen LogP contribution is 2.09. The van der Waals surface area contributed by atoms with Crippen LogP contribution in [0.25, 0.3) is 0 Å². The molecular weight excluding hydrogens is 128 g/mol. The highest BCUT2D eigenvalue weighted by Gasteiger charge is 2.25. The molecular formula is C7H16N2O. The summed E-state index contributed by atoms with van der Waals surface area (Å²) in [4.78, 5) is 4.48. The van der Waals surface area contributed by atoms with Gasteiger partial charge in [0.05, 0.1) is 6.61 Å². The van der Waals surface area contributed by atoms with Gasteiger partial charge in [0, 0.05) is 25.7 Å². The largest absolute Gasteiger partial charge is 0.395 e. The summed E-state index contributed by atoms with van der Waals surface area (Å²) < 4.78 is 0. The molecule has 1 aliphatic rings. The lowest BCUT2D eigenvalue weighted by atomic mass is 10.1. The zero-order valence-corrected chi connectivity index (χ0v) is 6.75. The van der Waals surface area contributed by atoms with Crippen LogP contribution in [0.4, 0.5) is 0 Å². The molecule has 0 radical (unpaired) electrons. The van der Waals surface area contributed by atoms with Crippen LogP contribution in [-0.4, -0.2) is 61.3 Å². The molecule has 1 heterocycles. The molecule has 0 aromatic carbocycles. The molecule has 0 amide bonds. The molecule has 1 aliphatic heterocycles. The van der Waals surface area contributed by atoms with Crippen LogP contribution in [0.5, 0.6) is 0 Å². The minimum atomic E-state index is 0.275. The van der Waals surface area contributed by atoms with Crippen molar-refractivity contribution in [2.45, 2.75) is 6.04 Å². The second-order valence-electron chi connectivity index (χ2n) is 3.08. The van der Waals surface area contributed by atoms with E-state index in [1.807, 2.05) is 0 Å². The van der Waals surface area contributed by atoms with Crippen LogP contribution < -0.4 is 0 Å². The van der Waals surface area contributed by atoms with Crippen molar-refractivity contribution in [3.05, 3.63) is 0 Å². The third-order valence-corrected chi connectivity index (χ3v) is 2.12. The van der Waals surface area contributed by atoms with Crippen molar-refractivity contribution in [3.8, 4) is 0 Å². The quantitative estimate of drug-likeness (QED) is 0.563. The first kappa shape index (κ1) is 7.98. The minimum absolute atomic E-state index is 0.275. The fourth-order valence-corrected chi connectivity index (χ4v) is 1.29. The van der Waals surface area contributed by atoms with Gasteiger partial charge in [0.25, 0.3) is 0 Å². The maximum atomic E-state index is 8.62. The Labute approximate surface area is 62.2 Å². The lowest BCUT2D eigenvalue weighted by molar-refractivity contribution is 0.0591. The van der Waals surface area contributed by atoms with Crippen molar-refractivity contribution >= 4 is 0 Å². The average molecular weight is 144 g/mol. The lowest BCUT2D eigenvalue weighted by Gasteiger charge is -2.41. The van der Waals surface area contributed by atoms with E-state index in [1.165, 1.54) is 0 Å². The molecule has 1 N–H and O–H groups in total. The van der Waals surface area contributed by atoms with Crippen molar-refractivity contribution in [2.24, 2.45) is 0 Å². The fourth-order valence-electron chi connectivity index (χ4n) is 1.29. The molecule has 60 valence electrons. The smallest absolute Gasteiger partial charge is 0.0558 e. The molecule has 0 aromatic rings. The van der Waals surface area contributed by atoms with Gasteiger partial charge in [0.2, 0.25) is 0 Å². The van der Waals surface area contributed by atoms with Crippen molar-refractivity contribution in [2.75, 3.05) is 40.3 Å². The average Bonchev–Trinajstić information content (AvgIpc) is 1.82. The zero-order valence-electron chi connectivity index (χ0n) is 6.75. The molecule has 1 rings (SSSR count). The lowest BCUT2D eigenvalue weighted by Crippen LogP contribution is -2.56. The van der Waals surface area contributed by atoms with Gasteiger partial charge in [-0.25, -0.2) is 0 Å². The zero-order chi connectivity index (χ0) is 7.56. The summed E-state index contributed by atoms with van der Waals surface area (Å²) in [5.41, 5.74) is 0. The number of rotatable bonds is 3. The monoisotopic (exact) mass is 144 g/mol. The maximum Gasteiger partial charge on any atom is 0.0558 e. The highest BCUT2D eigenvalue weighted by atomic mass is 16.3. The molecule has 0 spiro atoms. The fraction of sp³-hybridized carbons (Fsp3) is 1.00. The first-order valence-electron chi connectivity index (χ1n) is 3.73. The van der Waals surface area contributed by atoms with Crippen molar-refractivity contribution in [1.82, 2.24) is 9.80 Å². The summed E-state index contributed by atoms with van der Waals surface area (Å²) >= 11 is 0. The Hall–Kier alpha value is -0.120. The van der Waals surface area contributed by atoms with Gasteiger partial charge in [-0.3, -0.25) is 4.90 Å². The summed E-state index contributed by atoms with van der Waals surface area (Å²) in [7, 11) is 4.18. The first-order chi connectivity index (χ1) is 4.74. The van der Waals surface area contributed by atoms with Crippen LogP contribution in [0.15, 0.2) is 0 Å². The molecule has 3 nitrogen and oxygen atoms in total. The van der Waals surface area contributed by atoms with Gasteiger partial charge in [0.1, 0.15) is 0 Å². The van der Waals surface area contributed by atoms with E-state index in [1.54, 1.807) is 0 Å². The third kappa shape index (κ3) is 1.68. The van der Waals surface area contributed by atoms with Crippen LogP contribution in [0, 0.1) is 0 Å². The predicted molar refractivity (Wildman–Crippen MR) is 41.0 cm³/mol. The second kappa shape index (κ2) is 3.32. The molecule has 0 unspecified atom stereocenters. The second-order valence-corrected chi connectivity index (χ2v) is 3.08. The number of likely N-dealkylation sites (tertiary alicyclic amines) is 1. The van der Waals surface area contributed by atoms with Gasteiger partial charge in [-0.15, -0.1) is 0 Å². The van der Waals surface area contributed by atoms with Gasteiger partial charge in [0.15, 0.2) is 0 Å². The molecule has 0 atom stereocenters. The molecule has 3 heteroatoms. The molecule has 0 saturated carbocycles. The topological polar surface area (TPSA) is 26.7 Å². The molecule has 0 aromatic heterocycles.